The zero-order valence-electron chi connectivity index (χ0n) is 15.5. The van der Waals surface area contributed by atoms with Crippen molar-refractivity contribution in [3.8, 4) is 11.5 Å². The van der Waals surface area contributed by atoms with Gasteiger partial charge in [0.25, 0.3) is 11.5 Å². The Morgan fingerprint density at radius 3 is 2.96 bits per heavy atom. The average Bonchev–Trinajstić information content (AvgIpc) is 3.11. The normalized spacial score (nSPS) is 11.2. The minimum atomic E-state index is -0.450. The van der Waals surface area contributed by atoms with Crippen molar-refractivity contribution in [1.82, 2.24) is 15.0 Å². The summed E-state index contributed by atoms with van der Waals surface area (Å²) in [6, 6.07) is 6.55. The van der Waals surface area contributed by atoms with Gasteiger partial charge in [0, 0.05) is 4.88 Å². The third-order valence-electron chi connectivity index (χ3n) is 3.92. The highest BCUT2D eigenvalue weighted by atomic mass is 32.1. The zero-order chi connectivity index (χ0) is 20.1. The Hall–Kier alpha value is -3.20. The number of phenols is 1. The van der Waals surface area contributed by atoms with E-state index in [0.717, 1.165) is 11.3 Å². The second-order valence-electron chi connectivity index (χ2n) is 5.92. The standard InChI is InChI=1S/C19H20N4O4S/c1-3-13-8-14-18(28-13)20-11-23(19(14)26)10-17(25)22-21-9-12-5-6-15(24)16(7-12)27-4-2/h5-9,11,24H,3-4,10H2,1-2H3,(H,22,25). The van der Waals surface area contributed by atoms with Crippen molar-refractivity contribution in [3.63, 3.8) is 0 Å². The summed E-state index contributed by atoms with van der Waals surface area (Å²) in [6.07, 6.45) is 3.63. The van der Waals surface area contributed by atoms with Crippen LogP contribution in [0.2, 0.25) is 0 Å². The first-order valence-electron chi connectivity index (χ1n) is 8.77. The molecule has 0 aliphatic carbocycles. The first kappa shape index (κ1) is 19.6. The molecule has 3 aromatic rings. The van der Waals surface area contributed by atoms with E-state index in [1.54, 1.807) is 12.1 Å². The molecule has 0 saturated heterocycles. The lowest BCUT2D eigenvalue weighted by Crippen LogP contribution is -2.29. The molecule has 2 aromatic heterocycles. The number of ether oxygens (including phenoxy) is 1. The number of carbonyl (C=O) groups excluding carboxylic acids is 1. The summed E-state index contributed by atoms with van der Waals surface area (Å²) in [7, 11) is 0. The average molecular weight is 400 g/mol. The number of nitrogens with zero attached hydrogens (tertiary/aromatic N) is 3. The van der Waals surface area contributed by atoms with Crippen LogP contribution in [0.15, 0.2) is 40.5 Å². The summed E-state index contributed by atoms with van der Waals surface area (Å²) in [5.74, 6) is -0.0786. The van der Waals surface area contributed by atoms with Crippen molar-refractivity contribution in [2.45, 2.75) is 26.8 Å². The lowest BCUT2D eigenvalue weighted by Gasteiger charge is -2.06. The van der Waals surface area contributed by atoms with E-state index in [0.29, 0.717) is 28.1 Å². The van der Waals surface area contributed by atoms with Crippen molar-refractivity contribution in [2.75, 3.05) is 6.61 Å². The number of carbonyl (C=O) groups is 1. The maximum atomic E-state index is 12.5. The quantitative estimate of drug-likeness (QED) is 0.467. The number of aromatic nitrogens is 2. The lowest BCUT2D eigenvalue weighted by atomic mass is 10.2. The molecule has 1 amide bonds. The van der Waals surface area contributed by atoms with Crippen LogP contribution >= 0.6 is 11.3 Å². The molecule has 3 rings (SSSR count). The second kappa shape index (κ2) is 8.66. The zero-order valence-corrected chi connectivity index (χ0v) is 16.3. The van der Waals surface area contributed by atoms with Gasteiger partial charge in [0.05, 0.1) is 24.5 Å². The Morgan fingerprint density at radius 2 is 2.21 bits per heavy atom. The lowest BCUT2D eigenvalue weighted by molar-refractivity contribution is -0.121. The molecule has 146 valence electrons. The van der Waals surface area contributed by atoms with Crippen LogP contribution in [0.1, 0.15) is 24.3 Å². The number of hydrazone groups is 1. The molecular weight excluding hydrogens is 380 g/mol. The summed E-state index contributed by atoms with van der Waals surface area (Å²) in [5, 5.41) is 14.1. The number of rotatable bonds is 7. The van der Waals surface area contributed by atoms with Gasteiger partial charge in [0.1, 0.15) is 11.4 Å². The molecule has 8 nitrogen and oxygen atoms in total. The summed E-state index contributed by atoms with van der Waals surface area (Å²) in [5.41, 5.74) is 2.78. The maximum absolute atomic E-state index is 12.5. The Kier molecular flexibility index (Phi) is 6.05. The summed E-state index contributed by atoms with van der Waals surface area (Å²) < 4.78 is 6.56. The van der Waals surface area contributed by atoms with E-state index >= 15 is 0 Å². The van der Waals surface area contributed by atoms with Gasteiger partial charge < -0.3 is 9.84 Å². The van der Waals surface area contributed by atoms with Crippen LogP contribution in [0.5, 0.6) is 11.5 Å². The van der Waals surface area contributed by atoms with Crippen LogP contribution in [0.25, 0.3) is 10.2 Å². The number of aromatic hydroxyl groups is 1. The number of benzene rings is 1. The van der Waals surface area contributed by atoms with Crippen molar-refractivity contribution >= 4 is 33.7 Å². The second-order valence-corrected chi connectivity index (χ2v) is 7.03. The molecule has 9 heteroatoms. The highest BCUT2D eigenvalue weighted by Gasteiger charge is 2.10. The number of nitrogens with one attached hydrogen (secondary N) is 1. The van der Waals surface area contributed by atoms with Crippen LogP contribution in [0.3, 0.4) is 0 Å². The van der Waals surface area contributed by atoms with E-state index in [2.05, 4.69) is 15.5 Å². The Bertz CT molecular complexity index is 1090. The molecular formula is C19H20N4O4S. The number of amides is 1. The largest absolute Gasteiger partial charge is 0.504 e. The SMILES string of the molecule is CCOc1cc(C=NNC(=O)Cn2cnc3sc(CC)cc3c2=O)ccc1O. The van der Waals surface area contributed by atoms with E-state index in [-0.39, 0.29) is 17.9 Å². The predicted molar refractivity (Wildman–Crippen MR) is 108 cm³/mol. The Morgan fingerprint density at radius 1 is 1.39 bits per heavy atom. The van der Waals surface area contributed by atoms with Gasteiger partial charge in [-0.05, 0) is 43.2 Å². The summed E-state index contributed by atoms with van der Waals surface area (Å²) in [4.78, 5) is 30.6. The van der Waals surface area contributed by atoms with Gasteiger partial charge in [-0.2, -0.15) is 5.10 Å². The van der Waals surface area contributed by atoms with Gasteiger partial charge in [-0.1, -0.05) is 6.92 Å². The molecule has 0 radical (unpaired) electrons. The monoisotopic (exact) mass is 400 g/mol. The fourth-order valence-electron chi connectivity index (χ4n) is 2.55. The first-order valence-corrected chi connectivity index (χ1v) is 9.59. The number of thiophene rings is 1. The fraction of sp³-hybridized carbons (Fsp3) is 0.263. The van der Waals surface area contributed by atoms with Gasteiger partial charge in [-0.15, -0.1) is 11.3 Å². The van der Waals surface area contributed by atoms with Gasteiger partial charge in [-0.3, -0.25) is 14.2 Å². The molecule has 2 N–H and O–H groups in total. The van der Waals surface area contributed by atoms with Crippen LogP contribution in [0.4, 0.5) is 0 Å². The van der Waals surface area contributed by atoms with E-state index in [1.807, 2.05) is 19.9 Å². The van der Waals surface area contributed by atoms with E-state index < -0.39 is 5.91 Å². The van der Waals surface area contributed by atoms with Gasteiger partial charge in [0.15, 0.2) is 11.5 Å². The van der Waals surface area contributed by atoms with Gasteiger partial charge in [-0.25, -0.2) is 10.4 Å². The van der Waals surface area contributed by atoms with Crippen LogP contribution in [-0.4, -0.2) is 33.4 Å². The number of hydrogen-bond donors (Lipinski definition) is 2. The molecule has 0 aliphatic heterocycles. The molecule has 0 saturated carbocycles. The number of aryl methyl sites for hydroxylation is 1. The predicted octanol–water partition coefficient (Wildman–Crippen LogP) is 2.28. The van der Waals surface area contributed by atoms with Crippen molar-refractivity contribution in [1.29, 1.82) is 0 Å². The molecule has 1 aromatic carbocycles. The highest BCUT2D eigenvalue weighted by Crippen LogP contribution is 2.26. The molecule has 0 spiro atoms. The van der Waals surface area contributed by atoms with Gasteiger partial charge >= 0.3 is 0 Å². The molecule has 0 unspecified atom stereocenters. The molecule has 0 aliphatic rings. The summed E-state index contributed by atoms with van der Waals surface area (Å²) >= 11 is 1.48. The minimum Gasteiger partial charge on any atom is -0.504 e. The number of hydrogen-bond acceptors (Lipinski definition) is 7. The van der Waals surface area contributed by atoms with E-state index in [9.17, 15) is 14.7 Å². The van der Waals surface area contributed by atoms with Crippen LogP contribution in [-0.2, 0) is 17.8 Å². The summed E-state index contributed by atoms with van der Waals surface area (Å²) in [6.45, 7) is 4.06. The minimum absolute atomic E-state index is 0.0324. The Labute approximate surface area is 165 Å². The third-order valence-corrected chi connectivity index (χ3v) is 5.11. The van der Waals surface area contributed by atoms with E-state index in [4.69, 9.17) is 4.74 Å². The molecule has 0 fully saturated rings. The molecule has 0 bridgehead atoms. The third kappa shape index (κ3) is 4.37. The number of phenolic OH excluding ortho intramolecular Hbond substituents is 1. The number of fused-ring (bicyclic) bond motifs is 1. The van der Waals surface area contributed by atoms with E-state index in [1.165, 1.54) is 34.5 Å². The molecule has 28 heavy (non-hydrogen) atoms. The Balaban J connectivity index is 1.67. The topological polar surface area (TPSA) is 106 Å². The van der Waals surface area contributed by atoms with Crippen LogP contribution < -0.4 is 15.7 Å². The highest BCUT2D eigenvalue weighted by molar-refractivity contribution is 7.18. The van der Waals surface area contributed by atoms with Crippen LogP contribution in [0, 0.1) is 0 Å². The first-order chi connectivity index (χ1) is 13.5. The molecule has 0 atom stereocenters. The van der Waals surface area contributed by atoms with Crippen molar-refractivity contribution in [2.24, 2.45) is 5.10 Å². The molecule has 2 heterocycles. The van der Waals surface area contributed by atoms with Crippen molar-refractivity contribution < 1.29 is 14.6 Å². The fourth-order valence-corrected chi connectivity index (χ4v) is 3.47. The maximum Gasteiger partial charge on any atom is 0.262 e. The van der Waals surface area contributed by atoms with Gasteiger partial charge in [0.2, 0.25) is 0 Å². The smallest absolute Gasteiger partial charge is 0.262 e. The van der Waals surface area contributed by atoms with Crippen molar-refractivity contribution in [3.05, 3.63) is 51.4 Å².